The molecule has 2 aromatic heterocycles. The number of fused-ring (bicyclic) bond motifs is 1. The van der Waals surface area contributed by atoms with Crippen LogP contribution in [0.5, 0.6) is 0 Å². The highest BCUT2D eigenvalue weighted by Crippen LogP contribution is 2.10. The van der Waals surface area contributed by atoms with Gasteiger partial charge in [-0.05, 0) is 25.1 Å². The predicted molar refractivity (Wildman–Crippen MR) is 76.1 cm³/mol. The molecule has 0 aliphatic heterocycles. The maximum atomic E-state index is 11.5. The summed E-state index contributed by atoms with van der Waals surface area (Å²) in [5.74, 6) is 0.954. The summed E-state index contributed by atoms with van der Waals surface area (Å²) in [6.07, 6.45) is 6.79. The fourth-order valence-corrected chi connectivity index (χ4v) is 2.12. The van der Waals surface area contributed by atoms with E-state index in [4.69, 9.17) is 0 Å². The Hall–Kier alpha value is -1.27. The Balaban J connectivity index is 1.88. The van der Waals surface area contributed by atoms with Crippen molar-refractivity contribution in [2.75, 3.05) is 12.3 Å². The molecule has 2 heterocycles. The fourth-order valence-electron chi connectivity index (χ4n) is 1.90. The second-order valence-electron chi connectivity index (χ2n) is 4.23. The van der Waals surface area contributed by atoms with Crippen molar-refractivity contribution in [1.82, 2.24) is 20.3 Å². The second kappa shape index (κ2) is 6.61. The zero-order valence-corrected chi connectivity index (χ0v) is 11.1. The Bertz CT molecular complexity index is 548. The first-order valence-corrected chi connectivity index (χ1v) is 6.81. The summed E-state index contributed by atoms with van der Waals surface area (Å²) in [6.45, 7) is 1.71. The van der Waals surface area contributed by atoms with Crippen molar-refractivity contribution in [3.63, 3.8) is 0 Å². The lowest BCUT2D eigenvalue weighted by Crippen LogP contribution is -2.15. The van der Waals surface area contributed by atoms with Gasteiger partial charge in [-0.3, -0.25) is 4.79 Å². The number of hydrogen-bond donors (Lipinski definition) is 4. The van der Waals surface area contributed by atoms with Crippen LogP contribution in [0.25, 0.3) is 11.0 Å². The van der Waals surface area contributed by atoms with Crippen LogP contribution < -0.4 is 10.9 Å². The van der Waals surface area contributed by atoms with Gasteiger partial charge in [0.15, 0.2) is 0 Å². The Labute approximate surface area is 111 Å². The number of nitrogens with zero attached hydrogens (tertiary/aromatic N) is 1. The largest absolute Gasteiger partial charge is 0.355 e. The molecule has 0 spiro atoms. The first-order valence-electron chi connectivity index (χ1n) is 6.18. The average Bonchev–Trinajstić information content (AvgIpc) is 2.79. The highest BCUT2D eigenvalue weighted by Gasteiger charge is 2.06. The molecule has 5 nitrogen and oxygen atoms in total. The van der Waals surface area contributed by atoms with Crippen LogP contribution in [0.4, 0.5) is 0 Å². The number of rotatable bonds is 7. The lowest BCUT2D eigenvalue weighted by molar-refractivity contribution is 0.620. The van der Waals surface area contributed by atoms with Gasteiger partial charge in [-0.2, -0.15) is 12.6 Å². The van der Waals surface area contributed by atoms with E-state index in [2.05, 4.69) is 32.9 Å². The van der Waals surface area contributed by atoms with Crippen molar-refractivity contribution in [3.8, 4) is 0 Å². The van der Waals surface area contributed by atoms with Crippen LogP contribution in [0.3, 0.4) is 0 Å². The normalized spacial score (nSPS) is 11.2. The van der Waals surface area contributed by atoms with Crippen LogP contribution in [-0.2, 0) is 6.54 Å². The number of unbranched alkanes of at least 4 members (excludes halogenated alkanes) is 2. The maximum absolute atomic E-state index is 11.5. The summed E-state index contributed by atoms with van der Waals surface area (Å²) in [5, 5.41) is 3.36. The topological polar surface area (TPSA) is 73.6 Å². The molecule has 0 amide bonds. The van der Waals surface area contributed by atoms with E-state index in [0.29, 0.717) is 5.52 Å². The van der Waals surface area contributed by atoms with E-state index in [1.807, 2.05) is 6.20 Å². The molecule has 0 saturated heterocycles. The number of H-pyrrole nitrogens is 2. The number of thiol groups is 1. The Morgan fingerprint density at radius 1 is 1.28 bits per heavy atom. The van der Waals surface area contributed by atoms with Crippen LogP contribution in [0.1, 0.15) is 24.8 Å². The van der Waals surface area contributed by atoms with Crippen LogP contribution in [0, 0.1) is 0 Å². The zero-order chi connectivity index (χ0) is 12.8. The van der Waals surface area contributed by atoms with Crippen LogP contribution in [0.2, 0.25) is 0 Å². The van der Waals surface area contributed by atoms with E-state index in [1.54, 1.807) is 0 Å². The molecule has 98 valence electrons. The molecule has 0 saturated carbocycles. The number of hydrogen-bond acceptors (Lipinski definition) is 4. The summed E-state index contributed by atoms with van der Waals surface area (Å²) in [7, 11) is 0. The van der Waals surface area contributed by atoms with Crippen molar-refractivity contribution in [3.05, 3.63) is 28.4 Å². The molecule has 0 aromatic carbocycles. The molecule has 2 rings (SSSR count). The second-order valence-corrected chi connectivity index (χ2v) is 4.68. The average molecular weight is 266 g/mol. The standard InChI is InChI=1S/C12H18N4OS/c17-12-11-10(15-8-16-12)9(7-14-11)6-13-4-2-1-3-5-18/h7-8,13-14,18H,1-6H2,(H,15,16,17). The van der Waals surface area contributed by atoms with E-state index in [-0.39, 0.29) is 5.56 Å². The molecule has 3 N–H and O–H groups in total. The molecule has 0 radical (unpaired) electrons. The van der Waals surface area contributed by atoms with Gasteiger partial charge in [0, 0.05) is 18.3 Å². The highest BCUT2D eigenvalue weighted by molar-refractivity contribution is 7.80. The third-order valence-electron chi connectivity index (χ3n) is 2.88. The molecule has 0 aliphatic rings. The molecule has 6 heteroatoms. The third-order valence-corrected chi connectivity index (χ3v) is 3.19. The quantitative estimate of drug-likeness (QED) is 0.452. The number of aromatic amines is 2. The van der Waals surface area contributed by atoms with Crippen LogP contribution >= 0.6 is 12.6 Å². The first-order chi connectivity index (χ1) is 8.83. The Morgan fingerprint density at radius 2 is 2.17 bits per heavy atom. The summed E-state index contributed by atoms with van der Waals surface area (Å²) in [6, 6.07) is 0. The molecule has 0 fully saturated rings. The molecule has 2 aromatic rings. The number of nitrogens with one attached hydrogen (secondary N) is 3. The maximum Gasteiger partial charge on any atom is 0.275 e. The zero-order valence-electron chi connectivity index (χ0n) is 10.2. The van der Waals surface area contributed by atoms with E-state index < -0.39 is 0 Å². The molecule has 18 heavy (non-hydrogen) atoms. The van der Waals surface area contributed by atoms with Crippen molar-refractivity contribution >= 4 is 23.7 Å². The molecule has 0 atom stereocenters. The fraction of sp³-hybridized carbons (Fsp3) is 0.500. The lowest BCUT2D eigenvalue weighted by atomic mass is 10.2. The van der Waals surface area contributed by atoms with Crippen molar-refractivity contribution < 1.29 is 0 Å². The molecular formula is C12H18N4OS. The van der Waals surface area contributed by atoms with Crippen molar-refractivity contribution in [2.45, 2.75) is 25.8 Å². The van der Waals surface area contributed by atoms with Gasteiger partial charge < -0.3 is 15.3 Å². The summed E-state index contributed by atoms with van der Waals surface area (Å²) < 4.78 is 0. The molecular weight excluding hydrogens is 248 g/mol. The molecule has 0 aliphatic carbocycles. The minimum atomic E-state index is -0.125. The van der Waals surface area contributed by atoms with Crippen LogP contribution in [0.15, 0.2) is 17.3 Å². The first kappa shape index (κ1) is 13.2. The van der Waals surface area contributed by atoms with Gasteiger partial charge >= 0.3 is 0 Å². The van der Waals surface area contributed by atoms with Gasteiger partial charge in [-0.25, -0.2) is 4.98 Å². The van der Waals surface area contributed by atoms with Gasteiger partial charge in [0.05, 0.1) is 11.8 Å². The van der Waals surface area contributed by atoms with Gasteiger partial charge in [0.2, 0.25) is 0 Å². The van der Waals surface area contributed by atoms with Gasteiger partial charge in [-0.1, -0.05) is 6.42 Å². The van der Waals surface area contributed by atoms with Crippen molar-refractivity contribution in [1.29, 1.82) is 0 Å². The SMILES string of the molecule is O=c1[nH]cnc2c(CNCCCCCS)c[nH]c12. The minimum absolute atomic E-state index is 0.125. The van der Waals surface area contributed by atoms with Crippen LogP contribution in [-0.4, -0.2) is 27.2 Å². The number of aromatic nitrogens is 3. The summed E-state index contributed by atoms with van der Waals surface area (Å²) in [5.41, 5.74) is 2.20. The van der Waals surface area contributed by atoms with Gasteiger partial charge in [0.1, 0.15) is 5.52 Å². The van der Waals surface area contributed by atoms with E-state index >= 15 is 0 Å². The van der Waals surface area contributed by atoms with Gasteiger partial charge in [0.25, 0.3) is 5.56 Å². The summed E-state index contributed by atoms with van der Waals surface area (Å²) in [4.78, 5) is 21.2. The third kappa shape index (κ3) is 3.14. The van der Waals surface area contributed by atoms with E-state index in [1.165, 1.54) is 12.7 Å². The molecule has 0 bridgehead atoms. The Kier molecular flexibility index (Phi) is 4.83. The molecule has 0 unspecified atom stereocenters. The van der Waals surface area contributed by atoms with E-state index in [9.17, 15) is 4.79 Å². The monoisotopic (exact) mass is 266 g/mol. The van der Waals surface area contributed by atoms with Gasteiger partial charge in [-0.15, -0.1) is 0 Å². The predicted octanol–water partition coefficient (Wildman–Crippen LogP) is 1.44. The Morgan fingerprint density at radius 3 is 3.00 bits per heavy atom. The van der Waals surface area contributed by atoms with Crippen molar-refractivity contribution in [2.24, 2.45) is 0 Å². The summed E-state index contributed by atoms with van der Waals surface area (Å²) >= 11 is 4.18. The van der Waals surface area contributed by atoms with E-state index in [0.717, 1.165) is 42.8 Å². The highest BCUT2D eigenvalue weighted by atomic mass is 32.1. The minimum Gasteiger partial charge on any atom is -0.355 e. The lowest BCUT2D eigenvalue weighted by Gasteiger charge is -2.02. The smallest absolute Gasteiger partial charge is 0.275 e.